The fourth-order valence-corrected chi connectivity index (χ4v) is 3.01. The van der Waals surface area contributed by atoms with Crippen LogP contribution >= 0.6 is 11.6 Å². The maximum atomic E-state index is 12.1. The molecule has 1 aromatic heterocycles. The lowest BCUT2D eigenvalue weighted by molar-refractivity contribution is -0.121. The molecule has 3 aromatic rings. The quantitative estimate of drug-likeness (QED) is 0.661. The van der Waals surface area contributed by atoms with E-state index in [4.69, 9.17) is 11.6 Å². The zero-order valence-electron chi connectivity index (χ0n) is 15.7. The number of hydrogen-bond acceptors (Lipinski definition) is 3. The maximum Gasteiger partial charge on any atom is 0.266 e. The third-order valence-corrected chi connectivity index (χ3v) is 4.88. The fourth-order valence-electron chi connectivity index (χ4n) is 2.81. The van der Waals surface area contributed by atoms with Crippen molar-refractivity contribution in [2.75, 3.05) is 0 Å². The van der Waals surface area contributed by atoms with Crippen LogP contribution in [0.3, 0.4) is 0 Å². The number of halogens is 1. The molecule has 1 N–H and O–H groups in total. The summed E-state index contributed by atoms with van der Waals surface area (Å²) in [6.07, 6.45) is 1.13. The van der Waals surface area contributed by atoms with Crippen molar-refractivity contribution >= 4 is 17.5 Å². The van der Waals surface area contributed by atoms with Crippen LogP contribution in [0.1, 0.15) is 24.5 Å². The molecule has 0 unspecified atom stereocenters. The summed E-state index contributed by atoms with van der Waals surface area (Å²) in [5, 5.41) is 7.84. The summed E-state index contributed by atoms with van der Waals surface area (Å²) in [5.74, 6) is -0.161. The van der Waals surface area contributed by atoms with Crippen molar-refractivity contribution < 1.29 is 4.79 Å². The number of rotatable bonds is 7. The van der Waals surface area contributed by atoms with Gasteiger partial charge in [-0.15, -0.1) is 0 Å². The SMILES string of the molecule is CCc1ccc(-c2ccc(=O)n(CCC(=O)NCc3ccccc3Cl)n2)cc1. The largest absolute Gasteiger partial charge is 0.352 e. The summed E-state index contributed by atoms with van der Waals surface area (Å²) in [6.45, 7) is 2.67. The Morgan fingerprint density at radius 1 is 1.07 bits per heavy atom. The molecule has 0 bridgehead atoms. The lowest BCUT2D eigenvalue weighted by Crippen LogP contribution is -2.28. The van der Waals surface area contributed by atoms with Crippen LogP contribution < -0.4 is 10.9 Å². The molecule has 0 spiro atoms. The second-order valence-corrected chi connectivity index (χ2v) is 6.86. The first-order chi connectivity index (χ1) is 13.6. The Morgan fingerprint density at radius 2 is 1.82 bits per heavy atom. The van der Waals surface area contributed by atoms with E-state index in [1.165, 1.54) is 16.3 Å². The van der Waals surface area contributed by atoms with Crippen LogP contribution in [-0.2, 0) is 24.3 Å². The number of benzene rings is 2. The van der Waals surface area contributed by atoms with Crippen LogP contribution in [0.4, 0.5) is 0 Å². The van der Waals surface area contributed by atoms with Crippen molar-refractivity contribution in [1.29, 1.82) is 0 Å². The second kappa shape index (κ2) is 9.33. The van der Waals surface area contributed by atoms with Crippen LogP contribution in [0.25, 0.3) is 11.3 Å². The first kappa shape index (κ1) is 19.8. The Balaban J connectivity index is 1.62. The van der Waals surface area contributed by atoms with E-state index in [9.17, 15) is 9.59 Å². The highest BCUT2D eigenvalue weighted by atomic mass is 35.5. The number of nitrogens with one attached hydrogen (secondary N) is 1. The lowest BCUT2D eigenvalue weighted by Gasteiger charge is -2.09. The van der Waals surface area contributed by atoms with Crippen molar-refractivity contribution in [1.82, 2.24) is 15.1 Å². The van der Waals surface area contributed by atoms with Crippen LogP contribution in [0.15, 0.2) is 65.5 Å². The Bertz CT molecular complexity index is 1010. The van der Waals surface area contributed by atoms with Gasteiger partial charge in [0.2, 0.25) is 5.91 Å². The van der Waals surface area contributed by atoms with Gasteiger partial charge in [-0.3, -0.25) is 9.59 Å². The summed E-state index contributed by atoms with van der Waals surface area (Å²) in [5.41, 5.74) is 3.51. The van der Waals surface area contributed by atoms with Crippen LogP contribution in [0.5, 0.6) is 0 Å². The van der Waals surface area contributed by atoms with Gasteiger partial charge in [0.1, 0.15) is 0 Å². The van der Waals surface area contributed by atoms with Crippen molar-refractivity contribution in [2.45, 2.75) is 32.9 Å². The zero-order valence-corrected chi connectivity index (χ0v) is 16.4. The Hall–Kier alpha value is -2.92. The molecule has 0 fully saturated rings. The molecule has 5 nitrogen and oxygen atoms in total. The van der Waals surface area contributed by atoms with Gasteiger partial charge in [-0.2, -0.15) is 5.10 Å². The van der Waals surface area contributed by atoms with Crippen molar-refractivity contribution in [3.63, 3.8) is 0 Å². The number of amides is 1. The third-order valence-electron chi connectivity index (χ3n) is 4.51. The molecule has 0 aliphatic heterocycles. The molecule has 1 amide bonds. The molecule has 1 heterocycles. The van der Waals surface area contributed by atoms with Crippen LogP contribution in [-0.4, -0.2) is 15.7 Å². The van der Waals surface area contributed by atoms with Crippen molar-refractivity contribution in [3.8, 4) is 11.3 Å². The topological polar surface area (TPSA) is 64.0 Å². The average Bonchev–Trinajstić information content (AvgIpc) is 2.72. The number of aromatic nitrogens is 2. The smallest absolute Gasteiger partial charge is 0.266 e. The van der Waals surface area contributed by atoms with Gasteiger partial charge in [0.05, 0.1) is 12.2 Å². The lowest BCUT2D eigenvalue weighted by atomic mass is 10.1. The minimum Gasteiger partial charge on any atom is -0.352 e. The normalized spacial score (nSPS) is 10.6. The van der Waals surface area contributed by atoms with E-state index in [0.717, 1.165) is 17.5 Å². The molecular weight excluding hydrogens is 374 g/mol. The van der Waals surface area contributed by atoms with E-state index in [0.29, 0.717) is 17.3 Å². The molecule has 0 saturated carbocycles. The molecule has 6 heteroatoms. The van der Waals surface area contributed by atoms with Gasteiger partial charge in [0.15, 0.2) is 0 Å². The van der Waals surface area contributed by atoms with Gasteiger partial charge >= 0.3 is 0 Å². The minimum absolute atomic E-state index is 0.161. The molecular formula is C22H22ClN3O2. The van der Waals surface area contributed by atoms with Gasteiger partial charge in [0, 0.05) is 29.6 Å². The van der Waals surface area contributed by atoms with Gasteiger partial charge in [-0.05, 0) is 29.7 Å². The highest BCUT2D eigenvalue weighted by Gasteiger charge is 2.07. The molecule has 0 atom stereocenters. The monoisotopic (exact) mass is 395 g/mol. The standard InChI is InChI=1S/C22H22ClN3O2/c1-2-16-7-9-17(10-8-16)20-11-12-22(28)26(25-20)14-13-21(27)24-15-18-5-3-4-6-19(18)23/h3-12H,2,13-15H2,1H3,(H,24,27). The predicted octanol–water partition coefficient (Wildman–Crippen LogP) is 3.83. The molecule has 0 aliphatic carbocycles. The molecule has 144 valence electrons. The highest BCUT2D eigenvalue weighted by Crippen LogP contribution is 2.17. The first-order valence-electron chi connectivity index (χ1n) is 9.24. The van der Waals surface area contributed by atoms with E-state index < -0.39 is 0 Å². The Morgan fingerprint density at radius 3 is 2.54 bits per heavy atom. The van der Waals surface area contributed by atoms with Gasteiger partial charge in [0.25, 0.3) is 5.56 Å². The molecule has 3 rings (SSSR count). The minimum atomic E-state index is -0.229. The highest BCUT2D eigenvalue weighted by molar-refractivity contribution is 6.31. The van der Waals surface area contributed by atoms with Crippen molar-refractivity contribution in [2.24, 2.45) is 0 Å². The predicted molar refractivity (Wildman–Crippen MR) is 111 cm³/mol. The molecule has 0 saturated heterocycles. The summed E-state index contributed by atoms with van der Waals surface area (Å²) >= 11 is 6.09. The first-order valence-corrected chi connectivity index (χ1v) is 9.62. The number of hydrogen-bond donors (Lipinski definition) is 1. The Labute approximate surface area is 169 Å². The van der Waals surface area contributed by atoms with Crippen molar-refractivity contribution in [3.05, 3.63) is 87.2 Å². The summed E-state index contributed by atoms with van der Waals surface area (Å²) in [4.78, 5) is 24.2. The number of aryl methyl sites for hydroxylation is 2. The summed E-state index contributed by atoms with van der Waals surface area (Å²) in [7, 11) is 0. The molecule has 0 radical (unpaired) electrons. The van der Waals surface area contributed by atoms with E-state index in [1.54, 1.807) is 12.1 Å². The van der Waals surface area contributed by atoms with Crippen LogP contribution in [0, 0.1) is 0 Å². The number of carbonyl (C=O) groups is 1. The van der Waals surface area contributed by atoms with E-state index in [1.807, 2.05) is 30.3 Å². The second-order valence-electron chi connectivity index (χ2n) is 6.45. The maximum absolute atomic E-state index is 12.1. The number of nitrogens with zero attached hydrogens (tertiary/aromatic N) is 2. The van der Waals surface area contributed by atoms with E-state index >= 15 is 0 Å². The molecule has 28 heavy (non-hydrogen) atoms. The van der Waals surface area contributed by atoms with Gasteiger partial charge in [-0.25, -0.2) is 4.68 Å². The molecule has 2 aromatic carbocycles. The summed E-state index contributed by atoms with van der Waals surface area (Å²) < 4.78 is 1.33. The number of carbonyl (C=O) groups excluding carboxylic acids is 1. The van der Waals surface area contributed by atoms with Crippen LogP contribution in [0.2, 0.25) is 5.02 Å². The van der Waals surface area contributed by atoms with E-state index in [-0.39, 0.29) is 24.4 Å². The summed E-state index contributed by atoms with van der Waals surface area (Å²) in [6, 6.07) is 18.6. The Kier molecular flexibility index (Phi) is 6.61. The fraction of sp³-hybridized carbons (Fsp3) is 0.227. The van der Waals surface area contributed by atoms with Gasteiger partial charge < -0.3 is 5.32 Å². The average molecular weight is 396 g/mol. The zero-order chi connectivity index (χ0) is 19.9. The van der Waals surface area contributed by atoms with E-state index in [2.05, 4.69) is 29.5 Å². The third kappa shape index (κ3) is 5.08. The molecule has 0 aliphatic rings. The van der Waals surface area contributed by atoms with Gasteiger partial charge in [-0.1, -0.05) is 61.0 Å².